The van der Waals surface area contributed by atoms with Crippen molar-refractivity contribution in [2.75, 3.05) is 19.7 Å². The van der Waals surface area contributed by atoms with E-state index in [1.54, 1.807) is 4.90 Å². The number of ether oxygens (including phenoxy) is 1. The number of nitrogens with zero attached hydrogens (tertiary/aromatic N) is 3. The van der Waals surface area contributed by atoms with Crippen molar-refractivity contribution in [3.8, 4) is 0 Å². The molecule has 19 heavy (non-hydrogen) atoms. The van der Waals surface area contributed by atoms with Crippen molar-refractivity contribution in [1.29, 1.82) is 0 Å². The van der Waals surface area contributed by atoms with Crippen molar-refractivity contribution in [2.45, 2.75) is 45.6 Å². The molecular formula is C13H22N4O2. The molecule has 0 aromatic carbocycles. The van der Waals surface area contributed by atoms with Gasteiger partial charge in [-0.15, -0.1) is 5.10 Å². The highest BCUT2D eigenvalue weighted by atomic mass is 16.5. The molecule has 0 spiro atoms. The van der Waals surface area contributed by atoms with Crippen LogP contribution in [0.5, 0.6) is 0 Å². The smallest absolute Gasteiger partial charge is 0.293 e. The lowest BCUT2D eigenvalue weighted by molar-refractivity contribution is -0.0230. The first kappa shape index (κ1) is 14.0. The fraction of sp³-hybridized carbons (Fsp3) is 0.769. The second-order valence-electron chi connectivity index (χ2n) is 5.91. The predicted octanol–water partition coefficient (Wildman–Crippen LogP) is 1.35. The van der Waals surface area contributed by atoms with Crippen molar-refractivity contribution in [3.05, 3.63) is 11.6 Å². The lowest BCUT2D eigenvalue weighted by atomic mass is 9.96. The standard InChI is InChI=1S/C13H22N4O2/c1-5-9-8-17(6-7-19-9)11(18)10-14-12(16-15-10)13(2,3)4/h9H,5-8H2,1-4H3,(H,14,15,16). The van der Waals surface area contributed by atoms with Crippen LogP contribution in [0.1, 0.15) is 50.6 Å². The molecule has 0 aliphatic carbocycles. The minimum absolute atomic E-state index is 0.117. The van der Waals surface area contributed by atoms with Gasteiger partial charge in [-0.25, -0.2) is 4.98 Å². The highest BCUT2D eigenvalue weighted by Gasteiger charge is 2.28. The van der Waals surface area contributed by atoms with Crippen LogP contribution in [0.25, 0.3) is 0 Å². The van der Waals surface area contributed by atoms with E-state index in [4.69, 9.17) is 4.74 Å². The van der Waals surface area contributed by atoms with Crippen LogP contribution in [-0.2, 0) is 10.2 Å². The Morgan fingerprint density at radius 3 is 2.84 bits per heavy atom. The van der Waals surface area contributed by atoms with E-state index in [2.05, 4.69) is 22.1 Å². The molecule has 0 bridgehead atoms. The van der Waals surface area contributed by atoms with Crippen LogP contribution >= 0.6 is 0 Å². The van der Waals surface area contributed by atoms with Gasteiger partial charge < -0.3 is 9.64 Å². The summed E-state index contributed by atoms with van der Waals surface area (Å²) in [6.07, 6.45) is 1.03. The van der Waals surface area contributed by atoms with Gasteiger partial charge in [0.05, 0.1) is 12.7 Å². The largest absolute Gasteiger partial charge is 0.375 e. The van der Waals surface area contributed by atoms with E-state index < -0.39 is 0 Å². The van der Waals surface area contributed by atoms with E-state index in [0.29, 0.717) is 19.7 Å². The average molecular weight is 266 g/mol. The third-order valence-corrected chi connectivity index (χ3v) is 3.27. The minimum Gasteiger partial charge on any atom is -0.375 e. The molecule has 1 aromatic heterocycles. The Hall–Kier alpha value is -1.43. The number of hydrogen-bond donors (Lipinski definition) is 1. The molecule has 1 fully saturated rings. The molecule has 2 heterocycles. The van der Waals surface area contributed by atoms with E-state index in [0.717, 1.165) is 12.2 Å². The van der Waals surface area contributed by atoms with Gasteiger partial charge in [-0.1, -0.05) is 27.7 Å². The minimum atomic E-state index is -0.136. The maximum Gasteiger partial charge on any atom is 0.293 e. The third-order valence-electron chi connectivity index (χ3n) is 3.27. The number of rotatable bonds is 2. The van der Waals surface area contributed by atoms with Gasteiger partial charge in [-0.3, -0.25) is 9.89 Å². The molecule has 1 aliphatic rings. The van der Waals surface area contributed by atoms with Crippen LogP contribution in [0.3, 0.4) is 0 Å². The van der Waals surface area contributed by atoms with Gasteiger partial charge in [0, 0.05) is 18.5 Å². The second kappa shape index (κ2) is 5.28. The lowest BCUT2D eigenvalue weighted by Crippen LogP contribution is -2.45. The number of carbonyl (C=O) groups excluding carboxylic acids is 1. The molecule has 1 amide bonds. The van der Waals surface area contributed by atoms with E-state index in [1.165, 1.54) is 0 Å². The van der Waals surface area contributed by atoms with E-state index in [1.807, 2.05) is 20.8 Å². The van der Waals surface area contributed by atoms with Crippen molar-refractivity contribution in [3.63, 3.8) is 0 Å². The highest BCUT2D eigenvalue weighted by molar-refractivity contribution is 5.90. The van der Waals surface area contributed by atoms with E-state index >= 15 is 0 Å². The average Bonchev–Trinajstić information content (AvgIpc) is 2.87. The second-order valence-corrected chi connectivity index (χ2v) is 5.91. The lowest BCUT2D eigenvalue weighted by Gasteiger charge is -2.31. The monoisotopic (exact) mass is 266 g/mol. The molecule has 1 saturated heterocycles. The first-order valence-electron chi connectivity index (χ1n) is 6.75. The summed E-state index contributed by atoms with van der Waals surface area (Å²) in [7, 11) is 0. The first-order valence-corrected chi connectivity index (χ1v) is 6.75. The Balaban J connectivity index is 2.09. The number of H-pyrrole nitrogens is 1. The fourth-order valence-electron chi connectivity index (χ4n) is 1.99. The summed E-state index contributed by atoms with van der Waals surface area (Å²) in [5.74, 6) is 0.867. The molecule has 1 N–H and O–H groups in total. The zero-order valence-corrected chi connectivity index (χ0v) is 12.1. The van der Waals surface area contributed by atoms with Crippen molar-refractivity contribution < 1.29 is 9.53 Å². The normalized spacial score (nSPS) is 20.6. The summed E-state index contributed by atoms with van der Waals surface area (Å²) < 4.78 is 5.56. The maximum absolute atomic E-state index is 12.3. The van der Waals surface area contributed by atoms with Crippen molar-refractivity contribution >= 4 is 5.91 Å². The third kappa shape index (κ3) is 3.12. The van der Waals surface area contributed by atoms with Gasteiger partial charge in [0.1, 0.15) is 5.82 Å². The first-order chi connectivity index (χ1) is 8.91. The number of aromatic nitrogens is 3. The summed E-state index contributed by atoms with van der Waals surface area (Å²) >= 11 is 0. The van der Waals surface area contributed by atoms with Crippen LogP contribution in [0.2, 0.25) is 0 Å². The van der Waals surface area contributed by atoms with Gasteiger partial charge in [0.2, 0.25) is 5.82 Å². The highest BCUT2D eigenvalue weighted by Crippen LogP contribution is 2.18. The summed E-state index contributed by atoms with van der Waals surface area (Å²) in [5.41, 5.74) is -0.136. The molecule has 0 radical (unpaired) electrons. The number of aromatic amines is 1. The van der Waals surface area contributed by atoms with E-state index in [-0.39, 0.29) is 23.3 Å². The quantitative estimate of drug-likeness (QED) is 0.877. The predicted molar refractivity (Wildman–Crippen MR) is 71.0 cm³/mol. The molecule has 1 unspecified atom stereocenters. The Kier molecular flexibility index (Phi) is 3.89. The van der Waals surface area contributed by atoms with E-state index in [9.17, 15) is 4.79 Å². The molecule has 0 saturated carbocycles. The molecule has 6 nitrogen and oxygen atoms in total. The molecule has 6 heteroatoms. The molecule has 1 aromatic rings. The fourth-order valence-corrected chi connectivity index (χ4v) is 1.99. The number of morpholine rings is 1. The van der Waals surface area contributed by atoms with Gasteiger partial charge in [-0.05, 0) is 6.42 Å². The van der Waals surface area contributed by atoms with Gasteiger partial charge in [0.25, 0.3) is 5.91 Å². The van der Waals surface area contributed by atoms with Gasteiger partial charge in [-0.2, -0.15) is 0 Å². The molecular weight excluding hydrogens is 244 g/mol. The van der Waals surface area contributed by atoms with Gasteiger partial charge >= 0.3 is 0 Å². The van der Waals surface area contributed by atoms with Crippen molar-refractivity contribution in [1.82, 2.24) is 20.1 Å². The van der Waals surface area contributed by atoms with Crippen LogP contribution < -0.4 is 0 Å². The maximum atomic E-state index is 12.3. The summed E-state index contributed by atoms with van der Waals surface area (Å²) in [6, 6.07) is 0. The summed E-state index contributed by atoms with van der Waals surface area (Å²) in [6.45, 7) is 9.96. The van der Waals surface area contributed by atoms with Gasteiger partial charge in [0.15, 0.2) is 0 Å². The number of amides is 1. The molecule has 1 atom stereocenters. The molecule has 106 valence electrons. The van der Waals surface area contributed by atoms with Crippen LogP contribution in [0, 0.1) is 0 Å². The van der Waals surface area contributed by atoms with Crippen LogP contribution in [0.15, 0.2) is 0 Å². The Morgan fingerprint density at radius 2 is 2.26 bits per heavy atom. The van der Waals surface area contributed by atoms with Crippen molar-refractivity contribution in [2.24, 2.45) is 0 Å². The number of hydrogen-bond acceptors (Lipinski definition) is 4. The molecule has 2 rings (SSSR count). The number of nitrogens with one attached hydrogen (secondary N) is 1. The van der Waals surface area contributed by atoms with Crippen LogP contribution in [-0.4, -0.2) is 51.8 Å². The van der Waals surface area contributed by atoms with Crippen LogP contribution in [0.4, 0.5) is 0 Å². The zero-order valence-electron chi connectivity index (χ0n) is 12.1. The molecule has 1 aliphatic heterocycles. The Morgan fingerprint density at radius 1 is 1.53 bits per heavy atom. The summed E-state index contributed by atoms with van der Waals surface area (Å²) in [4.78, 5) is 18.4. The zero-order chi connectivity index (χ0) is 14.0. The Labute approximate surface area is 113 Å². The topological polar surface area (TPSA) is 71.1 Å². The SMILES string of the molecule is CCC1CN(C(=O)c2n[nH]c(C(C)(C)C)n2)CCO1. The number of carbonyl (C=O) groups is 1. The summed E-state index contributed by atoms with van der Waals surface area (Å²) in [5, 5.41) is 6.89. The Bertz CT molecular complexity index is 450.